The molecule has 1 aromatic carbocycles. The maximum absolute atomic E-state index is 11.6. The zero-order valence-corrected chi connectivity index (χ0v) is 12.6. The van der Waals surface area contributed by atoms with Crippen molar-refractivity contribution in [2.24, 2.45) is 0 Å². The number of nitrogens with one attached hydrogen (secondary N) is 2. The molecule has 0 spiro atoms. The van der Waals surface area contributed by atoms with Gasteiger partial charge in [-0.25, -0.2) is 4.79 Å². The van der Waals surface area contributed by atoms with E-state index in [2.05, 4.69) is 26.6 Å². The molecule has 2 N–H and O–H groups in total. The first kappa shape index (κ1) is 14.5. The topological polar surface area (TPSA) is 63.5 Å². The van der Waals surface area contributed by atoms with Gasteiger partial charge in [0.25, 0.3) is 0 Å². The molecule has 2 rings (SSSR count). The Balaban J connectivity index is 1.76. The van der Waals surface area contributed by atoms with Gasteiger partial charge in [0.1, 0.15) is 5.75 Å². The van der Waals surface area contributed by atoms with Gasteiger partial charge in [-0.1, -0.05) is 12.1 Å². The van der Waals surface area contributed by atoms with E-state index in [1.807, 2.05) is 24.3 Å². The second kappa shape index (κ2) is 7.00. The molecule has 0 radical (unpaired) electrons. The van der Waals surface area contributed by atoms with E-state index in [-0.39, 0.29) is 6.03 Å². The molecular formula is C14H15BrN2O3. The molecule has 106 valence electrons. The summed E-state index contributed by atoms with van der Waals surface area (Å²) in [6.07, 6.45) is 0.729. The SMILES string of the molecule is COc1cccc(CCNC(=O)Nc2ccc(Br)o2)c1. The van der Waals surface area contributed by atoms with Crippen LogP contribution in [0.25, 0.3) is 0 Å². The summed E-state index contributed by atoms with van der Waals surface area (Å²) < 4.78 is 10.9. The summed E-state index contributed by atoms with van der Waals surface area (Å²) in [5.41, 5.74) is 1.10. The van der Waals surface area contributed by atoms with Crippen LogP contribution in [-0.4, -0.2) is 19.7 Å². The summed E-state index contributed by atoms with van der Waals surface area (Å²) in [6, 6.07) is 10.8. The Bertz CT molecular complexity index is 583. The van der Waals surface area contributed by atoms with Gasteiger partial charge in [0.2, 0.25) is 5.88 Å². The van der Waals surface area contributed by atoms with Crippen molar-refractivity contribution in [2.75, 3.05) is 19.0 Å². The number of benzene rings is 1. The molecule has 0 saturated heterocycles. The van der Waals surface area contributed by atoms with E-state index in [4.69, 9.17) is 9.15 Å². The molecule has 2 aromatic rings. The fourth-order valence-electron chi connectivity index (χ4n) is 1.69. The Labute approximate surface area is 125 Å². The Morgan fingerprint density at radius 2 is 2.20 bits per heavy atom. The van der Waals surface area contributed by atoms with E-state index in [0.29, 0.717) is 17.1 Å². The molecule has 5 nitrogen and oxygen atoms in total. The van der Waals surface area contributed by atoms with Gasteiger partial charge in [-0.2, -0.15) is 0 Å². The molecule has 0 aliphatic heterocycles. The average Bonchev–Trinajstić information content (AvgIpc) is 2.84. The van der Waals surface area contributed by atoms with Gasteiger partial charge in [-0.05, 0) is 46.1 Å². The van der Waals surface area contributed by atoms with Crippen LogP contribution in [0.3, 0.4) is 0 Å². The minimum atomic E-state index is -0.297. The van der Waals surface area contributed by atoms with E-state index >= 15 is 0 Å². The molecular weight excluding hydrogens is 324 g/mol. The number of methoxy groups -OCH3 is 1. The van der Waals surface area contributed by atoms with Crippen LogP contribution in [0, 0.1) is 0 Å². The van der Waals surface area contributed by atoms with Crippen molar-refractivity contribution in [2.45, 2.75) is 6.42 Å². The molecule has 20 heavy (non-hydrogen) atoms. The van der Waals surface area contributed by atoms with E-state index in [1.165, 1.54) is 0 Å². The minimum Gasteiger partial charge on any atom is -0.497 e. The largest absolute Gasteiger partial charge is 0.497 e. The van der Waals surface area contributed by atoms with E-state index in [0.717, 1.165) is 17.7 Å². The van der Waals surface area contributed by atoms with Crippen molar-refractivity contribution in [1.29, 1.82) is 0 Å². The molecule has 1 aromatic heterocycles. The average molecular weight is 339 g/mol. The van der Waals surface area contributed by atoms with Crippen molar-refractivity contribution in [3.8, 4) is 5.75 Å². The smallest absolute Gasteiger partial charge is 0.321 e. The number of urea groups is 1. The third-order valence-corrected chi connectivity index (χ3v) is 3.07. The number of hydrogen-bond donors (Lipinski definition) is 2. The van der Waals surface area contributed by atoms with E-state index in [9.17, 15) is 4.79 Å². The monoisotopic (exact) mass is 338 g/mol. The maximum Gasteiger partial charge on any atom is 0.321 e. The minimum absolute atomic E-state index is 0.297. The van der Waals surface area contributed by atoms with Gasteiger partial charge in [0.05, 0.1) is 7.11 Å². The first-order valence-corrected chi connectivity index (χ1v) is 6.90. The third kappa shape index (κ3) is 4.31. The lowest BCUT2D eigenvalue weighted by molar-refractivity contribution is 0.251. The van der Waals surface area contributed by atoms with E-state index < -0.39 is 0 Å². The van der Waals surface area contributed by atoms with Gasteiger partial charge in [-0.3, -0.25) is 5.32 Å². The standard InChI is InChI=1S/C14H15BrN2O3/c1-19-11-4-2-3-10(9-11)7-8-16-14(18)17-13-6-5-12(15)20-13/h2-6,9H,7-8H2,1H3,(H2,16,17,18). The van der Waals surface area contributed by atoms with Crippen LogP contribution in [0.4, 0.5) is 10.7 Å². The second-order valence-corrected chi connectivity index (χ2v) is 4.87. The Hall–Kier alpha value is -1.95. The highest BCUT2D eigenvalue weighted by Gasteiger charge is 2.04. The van der Waals surface area contributed by atoms with Crippen LogP contribution >= 0.6 is 15.9 Å². The van der Waals surface area contributed by atoms with Crippen molar-refractivity contribution in [1.82, 2.24) is 5.32 Å². The van der Waals surface area contributed by atoms with Gasteiger partial charge >= 0.3 is 6.03 Å². The zero-order chi connectivity index (χ0) is 14.4. The highest BCUT2D eigenvalue weighted by atomic mass is 79.9. The van der Waals surface area contributed by atoms with Crippen molar-refractivity contribution in [3.63, 3.8) is 0 Å². The number of halogens is 1. The van der Waals surface area contributed by atoms with Gasteiger partial charge in [0, 0.05) is 12.6 Å². The van der Waals surface area contributed by atoms with Crippen LogP contribution in [0.15, 0.2) is 45.5 Å². The van der Waals surface area contributed by atoms with Gasteiger partial charge < -0.3 is 14.5 Å². The number of amides is 2. The predicted octanol–water partition coefficient (Wildman–Crippen LogP) is 3.41. The summed E-state index contributed by atoms with van der Waals surface area (Å²) in [5.74, 6) is 1.21. The lowest BCUT2D eigenvalue weighted by Gasteiger charge is -2.07. The number of furan rings is 1. The number of hydrogen-bond acceptors (Lipinski definition) is 3. The predicted molar refractivity (Wildman–Crippen MR) is 80.1 cm³/mol. The van der Waals surface area contributed by atoms with Crippen molar-refractivity contribution < 1.29 is 13.9 Å². The lowest BCUT2D eigenvalue weighted by atomic mass is 10.1. The summed E-state index contributed by atoms with van der Waals surface area (Å²) in [4.78, 5) is 11.6. The number of anilines is 1. The van der Waals surface area contributed by atoms with E-state index in [1.54, 1.807) is 19.2 Å². The number of carbonyl (C=O) groups excluding carboxylic acids is 1. The highest BCUT2D eigenvalue weighted by molar-refractivity contribution is 9.10. The Morgan fingerprint density at radius 3 is 2.90 bits per heavy atom. The summed E-state index contributed by atoms with van der Waals surface area (Å²) >= 11 is 3.17. The van der Waals surface area contributed by atoms with Crippen LogP contribution in [0.5, 0.6) is 5.75 Å². The first-order valence-electron chi connectivity index (χ1n) is 6.10. The van der Waals surface area contributed by atoms with Crippen LogP contribution in [0.2, 0.25) is 0 Å². The molecule has 0 unspecified atom stereocenters. The zero-order valence-electron chi connectivity index (χ0n) is 11.0. The molecule has 0 fully saturated rings. The fraction of sp³-hybridized carbons (Fsp3) is 0.214. The summed E-state index contributed by atoms with van der Waals surface area (Å²) in [5, 5.41) is 5.36. The van der Waals surface area contributed by atoms with Crippen LogP contribution < -0.4 is 15.4 Å². The molecule has 0 saturated carbocycles. The maximum atomic E-state index is 11.6. The normalized spacial score (nSPS) is 10.1. The quantitative estimate of drug-likeness (QED) is 0.877. The van der Waals surface area contributed by atoms with Crippen molar-refractivity contribution >= 4 is 27.8 Å². The Kier molecular flexibility index (Phi) is 5.06. The van der Waals surface area contributed by atoms with Gasteiger partial charge in [-0.15, -0.1) is 0 Å². The molecule has 0 aliphatic carbocycles. The van der Waals surface area contributed by atoms with Crippen LogP contribution in [0.1, 0.15) is 5.56 Å². The van der Waals surface area contributed by atoms with Crippen LogP contribution in [-0.2, 0) is 6.42 Å². The second-order valence-electron chi connectivity index (χ2n) is 4.09. The highest BCUT2D eigenvalue weighted by Crippen LogP contribution is 2.18. The van der Waals surface area contributed by atoms with Crippen molar-refractivity contribution in [3.05, 3.63) is 46.6 Å². The molecule has 2 amide bonds. The number of rotatable bonds is 5. The fourth-order valence-corrected chi connectivity index (χ4v) is 1.99. The molecule has 0 atom stereocenters. The third-order valence-electron chi connectivity index (χ3n) is 2.64. The molecule has 1 heterocycles. The lowest BCUT2D eigenvalue weighted by Crippen LogP contribution is -2.30. The first-order chi connectivity index (χ1) is 9.67. The number of carbonyl (C=O) groups is 1. The molecule has 0 bridgehead atoms. The summed E-state index contributed by atoms with van der Waals surface area (Å²) in [6.45, 7) is 0.529. The Morgan fingerprint density at radius 1 is 1.35 bits per heavy atom. The molecule has 0 aliphatic rings. The summed E-state index contributed by atoms with van der Waals surface area (Å²) in [7, 11) is 1.63. The number of ether oxygens (including phenoxy) is 1. The molecule has 6 heteroatoms. The van der Waals surface area contributed by atoms with Gasteiger partial charge in [0.15, 0.2) is 4.67 Å².